The smallest absolute Gasteiger partial charge is 0.237 e. The van der Waals surface area contributed by atoms with Gasteiger partial charge in [0.1, 0.15) is 23.1 Å². The number of methoxy groups -OCH3 is 1. The Hall–Kier alpha value is -4.68. The van der Waals surface area contributed by atoms with E-state index in [9.17, 15) is 14.0 Å². The number of nitrogen functional groups attached to an aromatic ring is 1. The molecule has 2 aromatic heterocycles. The van der Waals surface area contributed by atoms with Crippen LogP contribution >= 0.6 is 11.9 Å². The van der Waals surface area contributed by atoms with Gasteiger partial charge in [-0.3, -0.25) is 0 Å². The Balaban J connectivity index is 1.47. The van der Waals surface area contributed by atoms with Crippen molar-refractivity contribution in [3.63, 3.8) is 0 Å². The van der Waals surface area contributed by atoms with E-state index < -0.39 is 17.0 Å². The first-order valence-corrected chi connectivity index (χ1v) is 13.1. The van der Waals surface area contributed by atoms with Crippen LogP contribution in [0.25, 0.3) is 33.2 Å². The molecule has 0 radical (unpaired) electrons. The fraction of sp³-hybridized carbons (Fsp3) is 0.129. The third kappa shape index (κ3) is 5.40. The Bertz CT molecular complexity index is 1770. The van der Waals surface area contributed by atoms with Crippen molar-refractivity contribution in [3.05, 3.63) is 96.2 Å². The van der Waals surface area contributed by atoms with E-state index in [4.69, 9.17) is 10.5 Å². The standard InChI is InChI=1S/C31H25F2N5OS/c1-31(2,17-34)22-7-4-18(5-8-22)24-13-20-12-19(6-10-26(20)37-29(24)35)21-14-27(30(39-3)36-16-21)38-40-28-11-9-23(32)15-25(28)33/h4-16,38H,1-3H3,(H2,35,37). The van der Waals surface area contributed by atoms with Crippen molar-refractivity contribution in [1.82, 2.24) is 9.97 Å². The van der Waals surface area contributed by atoms with Crippen LogP contribution in [-0.4, -0.2) is 17.1 Å². The maximum Gasteiger partial charge on any atom is 0.237 e. The maximum atomic E-state index is 14.1. The van der Waals surface area contributed by atoms with Crippen LogP contribution in [0.5, 0.6) is 5.88 Å². The summed E-state index contributed by atoms with van der Waals surface area (Å²) in [7, 11) is 1.50. The minimum absolute atomic E-state index is 0.236. The summed E-state index contributed by atoms with van der Waals surface area (Å²) in [6.07, 6.45) is 1.69. The molecular weight excluding hydrogens is 528 g/mol. The number of ether oxygens (including phenoxy) is 1. The molecule has 5 rings (SSSR count). The first-order valence-electron chi connectivity index (χ1n) is 12.3. The number of nitriles is 1. The molecular formula is C31H25F2N5OS. The zero-order valence-electron chi connectivity index (χ0n) is 22.0. The molecule has 5 aromatic rings. The van der Waals surface area contributed by atoms with E-state index in [1.165, 1.54) is 19.2 Å². The van der Waals surface area contributed by atoms with Crippen LogP contribution in [0.15, 0.2) is 83.9 Å². The molecule has 3 aromatic carbocycles. The van der Waals surface area contributed by atoms with Crippen molar-refractivity contribution in [2.75, 3.05) is 17.6 Å². The molecule has 0 saturated heterocycles. The number of halogens is 2. The highest BCUT2D eigenvalue weighted by atomic mass is 32.2. The first kappa shape index (κ1) is 26.9. The molecule has 0 atom stereocenters. The van der Waals surface area contributed by atoms with E-state index >= 15 is 0 Å². The van der Waals surface area contributed by atoms with E-state index in [0.29, 0.717) is 17.4 Å². The number of hydrogen-bond donors (Lipinski definition) is 2. The fourth-order valence-electron chi connectivity index (χ4n) is 4.25. The first-order chi connectivity index (χ1) is 19.2. The second kappa shape index (κ2) is 10.8. The Kier molecular flexibility index (Phi) is 7.28. The van der Waals surface area contributed by atoms with Crippen LogP contribution in [0.3, 0.4) is 0 Å². The molecule has 0 saturated carbocycles. The van der Waals surface area contributed by atoms with Crippen molar-refractivity contribution in [2.45, 2.75) is 24.2 Å². The molecule has 0 amide bonds. The molecule has 200 valence electrons. The van der Waals surface area contributed by atoms with Crippen LogP contribution in [0.4, 0.5) is 20.3 Å². The topological polar surface area (TPSA) is 96.8 Å². The molecule has 0 spiro atoms. The Morgan fingerprint density at radius 1 is 0.950 bits per heavy atom. The Morgan fingerprint density at radius 3 is 2.40 bits per heavy atom. The summed E-state index contributed by atoms with van der Waals surface area (Å²) in [6.45, 7) is 3.76. The van der Waals surface area contributed by atoms with Crippen LogP contribution in [-0.2, 0) is 5.41 Å². The van der Waals surface area contributed by atoms with Gasteiger partial charge in [-0.25, -0.2) is 18.7 Å². The highest BCUT2D eigenvalue weighted by Gasteiger charge is 2.20. The lowest BCUT2D eigenvalue weighted by Gasteiger charge is -2.16. The van der Waals surface area contributed by atoms with Crippen LogP contribution < -0.4 is 15.2 Å². The number of hydrogen-bond acceptors (Lipinski definition) is 7. The van der Waals surface area contributed by atoms with Crippen molar-refractivity contribution in [2.24, 2.45) is 0 Å². The van der Waals surface area contributed by atoms with Gasteiger partial charge in [-0.2, -0.15) is 5.26 Å². The summed E-state index contributed by atoms with van der Waals surface area (Å²) in [5.74, 6) is -0.561. The quantitative estimate of drug-likeness (QED) is 0.199. The number of pyridine rings is 2. The number of benzene rings is 3. The van der Waals surface area contributed by atoms with Gasteiger partial charge < -0.3 is 15.2 Å². The van der Waals surface area contributed by atoms with Gasteiger partial charge in [0.2, 0.25) is 5.88 Å². The summed E-state index contributed by atoms with van der Waals surface area (Å²) in [6, 6.07) is 23.1. The highest BCUT2D eigenvalue weighted by molar-refractivity contribution is 8.00. The summed E-state index contributed by atoms with van der Waals surface area (Å²) < 4.78 is 35.8. The molecule has 3 N–H and O–H groups in total. The maximum absolute atomic E-state index is 14.1. The molecule has 9 heteroatoms. The molecule has 0 unspecified atom stereocenters. The molecule has 0 aliphatic carbocycles. The molecule has 0 aliphatic heterocycles. The van der Waals surface area contributed by atoms with Crippen molar-refractivity contribution in [1.29, 1.82) is 5.26 Å². The lowest BCUT2D eigenvalue weighted by molar-refractivity contribution is 0.400. The van der Waals surface area contributed by atoms with Crippen molar-refractivity contribution in [3.8, 4) is 34.2 Å². The molecule has 6 nitrogen and oxygen atoms in total. The second-order valence-electron chi connectivity index (χ2n) is 9.70. The summed E-state index contributed by atoms with van der Waals surface area (Å²) in [4.78, 5) is 9.25. The van der Waals surface area contributed by atoms with Gasteiger partial charge in [0.15, 0.2) is 0 Å². The van der Waals surface area contributed by atoms with E-state index in [-0.39, 0.29) is 4.90 Å². The number of anilines is 2. The van der Waals surface area contributed by atoms with Gasteiger partial charge in [0.05, 0.1) is 29.0 Å². The minimum Gasteiger partial charge on any atom is -0.480 e. The lowest BCUT2D eigenvalue weighted by Crippen LogP contribution is -2.13. The Labute approximate surface area is 235 Å². The van der Waals surface area contributed by atoms with Gasteiger partial charge in [0.25, 0.3) is 0 Å². The number of nitrogens with two attached hydrogens (primary N) is 1. The van der Waals surface area contributed by atoms with Crippen molar-refractivity contribution < 1.29 is 13.5 Å². The third-order valence-corrected chi connectivity index (χ3v) is 7.46. The van der Waals surface area contributed by atoms with Crippen molar-refractivity contribution >= 4 is 34.4 Å². The van der Waals surface area contributed by atoms with Gasteiger partial charge in [-0.1, -0.05) is 30.3 Å². The average Bonchev–Trinajstić information content (AvgIpc) is 2.96. The van der Waals surface area contributed by atoms with E-state index in [0.717, 1.165) is 56.7 Å². The largest absolute Gasteiger partial charge is 0.480 e. The monoisotopic (exact) mass is 553 g/mol. The molecule has 0 fully saturated rings. The third-order valence-electron chi connectivity index (χ3n) is 6.58. The number of nitrogens with one attached hydrogen (secondary N) is 1. The predicted molar refractivity (Wildman–Crippen MR) is 156 cm³/mol. The predicted octanol–water partition coefficient (Wildman–Crippen LogP) is 7.75. The zero-order chi connectivity index (χ0) is 28.4. The van der Waals surface area contributed by atoms with E-state index in [2.05, 4.69) is 20.8 Å². The highest BCUT2D eigenvalue weighted by Crippen LogP contribution is 2.35. The van der Waals surface area contributed by atoms with Gasteiger partial charge >= 0.3 is 0 Å². The van der Waals surface area contributed by atoms with E-state index in [1.807, 2.05) is 68.4 Å². The van der Waals surface area contributed by atoms with E-state index in [1.54, 1.807) is 6.20 Å². The summed E-state index contributed by atoms with van der Waals surface area (Å²) >= 11 is 0.996. The number of nitrogens with zero attached hydrogens (tertiary/aromatic N) is 3. The zero-order valence-corrected chi connectivity index (χ0v) is 22.8. The average molecular weight is 554 g/mol. The molecule has 40 heavy (non-hydrogen) atoms. The number of fused-ring (bicyclic) bond motifs is 1. The molecule has 0 bridgehead atoms. The Morgan fingerprint density at radius 2 is 1.70 bits per heavy atom. The number of rotatable bonds is 7. The van der Waals surface area contributed by atoms with Crippen LogP contribution in [0.1, 0.15) is 19.4 Å². The molecule has 2 heterocycles. The SMILES string of the molecule is COc1ncc(-c2ccc3nc(N)c(-c4ccc(C(C)(C)C#N)cc4)cc3c2)cc1NSc1ccc(F)cc1F. The summed E-state index contributed by atoms with van der Waals surface area (Å²) in [5.41, 5.74) is 11.3. The summed E-state index contributed by atoms with van der Waals surface area (Å²) in [5, 5.41) is 10.3. The van der Waals surface area contributed by atoms with Crippen LogP contribution in [0.2, 0.25) is 0 Å². The minimum atomic E-state index is -0.666. The van der Waals surface area contributed by atoms with Gasteiger partial charge in [0, 0.05) is 28.8 Å². The molecule has 0 aliphatic rings. The lowest BCUT2D eigenvalue weighted by atomic mass is 9.85. The normalized spacial score (nSPS) is 11.3. The number of aromatic nitrogens is 2. The second-order valence-corrected chi connectivity index (χ2v) is 10.6. The van der Waals surface area contributed by atoms with Gasteiger partial charge in [-0.15, -0.1) is 0 Å². The fourth-order valence-corrected chi connectivity index (χ4v) is 4.91. The van der Waals surface area contributed by atoms with Gasteiger partial charge in [-0.05, 0) is 78.9 Å². The van der Waals surface area contributed by atoms with Crippen LogP contribution in [0, 0.1) is 23.0 Å².